The lowest BCUT2D eigenvalue weighted by Crippen LogP contribution is -2.29. The van der Waals surface area contributed by atoms with Gasteiger partial charge >= 0.3 is 5.97 Å². The van der Waals surface area contributed by atoms with Crippen LogP contribution in [0.2, 0.25) is 0 Å². The molecule has 0 aromatic carbocycles. The van der Waals surface area contributed by atoms with E-state index < -0.39 is 0 Å². The Labute approximate surface area is 88.5 Å². The van der Waals surface area contributed by atoms with E-state index in [1.807, 2.05) is 0 Å². The van der Waals surface area contributed by atoms with Crippen LogP contribution in [-0.4, -0.2) is 17.9 Å². The Hall–Kier alpha value is -1.12. The van der Waals surface area contributed by atoms with Crippen LogP contribution in [0.25, 0.3) is 0 Å². The third-order valence-corrected chi connectivity index (χ3v) is 3.84. The van der Waals surface area contributed by atoms with E-state index in [4.69, 9.17) is 4.74 Å². The van der Waals surface area contributed by atoms with E-state index >= 15 is 0 Å². The van der Waals surface area contributed by atoms with Crippen molar-refractivity contribution < 1.29 is 14.3 Å². The summed E-state index contributed by atoms with van der Waals surface area (Å²) in [6.45, 7) is 0. The predicted molar refractivity (Wildman–Crippen MR) is 53.0 cm³/mol. The molecular formula is C12H14O3. The molecule has 1 saturated heterocycles. The molecular weight excluding hydrogens is 192 g/mol. The lowest BCUT2D eigenvalue weighted by Gasteiger charge is -2.20. The fraction of sp³-hybridized carbons (Fsp3) is 0.667. The lowest BCUT2D eigenvalue weighted by molar-refractivity contribution is -0.144. The van der Waals surface area contributed by atoms with Crippen molar-refractivity contribution in [3.8, 4) is 0 Å². The lowest BCUT2D eigenvalue weighted by atomic mass is 9.87. The Kier molecular flexibility index (Phi) is 1.94. The monoisotopic (exact) mass is 206 g/mol. The summed E-state index contributed by atoms with van der Waals surface area (Å²) in [5, 5.41) is 0. The zero-order chi connectivity index (χ0) is 10.4. The molecule has 0 N–H and O–H groups in total. The first-order valence-corrected chi connectivity index (χ1v) is 5.67. The predicted octanol–water partition coefficient (Wildman–Crippen LogP) is 1.62. The van der Waals surface area contributed by atoms with Gasteiger partial charge in [0.2, 0.25) is 0 Å². The first-order chi connectivity index (χ1) is 7.25. The number of ketones is 1. The van der Waals surface area contributed by atoms with Gasteiger partial charge < -0.3 is 4.74 Å². The summed E-state index contributed by atoms with van der Waals surface area (Å²) in [6, 6.07) is 0. The van der Waals surface area contributed by atoms with E-state index in [1.165, 1.54) is 5.57 Å². The number of rotatable bonds is 0. The topological polar surface area (TPSA) is 43.4 Å². The van der Waals surface area contributed by atoms with Gasteiger partial charge in [-0.25, -0.2) is 0 Å². The summed E-state index contributed by atoms with van der Waals surface area (Å²) in [7, 11) is 0. The average Bonchev–Trinajstić information content (AvgIpc) is 2.67. The van der Waals surface area contributed by atoms with Crippen LogP contribution in [0.5, 0.6) is 0 Å². The van der Waals surface area contributed by atoms with Gasteiger partial charge in [-0.1, -0.05) is 11.6 Å². The number of Topliss-reactive ketones (excluding diaryl/α,β-unsaturated/α-hetero) is 1. The molecule has 3 heteroatoms. The van der Waals surface area contributed by atoms with Gasteiger partial charge in [-0.05, 0) is 19.3 Å². The minimum atomic E-state index is -0.138. The van der Waals surface area contributed by atoms with E-state index in [9.17, 15) is 9.59 Å². The molecule has 1 saturated carbocycles. The molecule has 0 aromatic heterocycles. The SMILES string of the molecule is O=C1CC2CCC=C3CCC(=O)C3C2O1. The number of carbonyl (C=O) groups excluding carboxylic acids is 2. The molecule has 0 spiro atoms. The van der Waals surface area contributed by atoms with E-state index in [0.29, 0.717) is 12.8 Å². The van der Waals surface area contributed by atoms with Gasteiger partial charge in [0.15, 0.2) is 0 Å². The minimum absolute atomic E-state index is 0.0936. The molecule has 3 unspecified atom stereocenters. The Morgan fingerprint density at radius 1 is 1.27 bits per heavy atom. The normalized spacial score (nSPS) is 39.2. The molecule has 3 aliphatic rings. The van der Waals surface area contributed by atoms with Crippen molar-refractivity contribution in [1.82, 2.24) is 0 Å². The highest BCUT2D eigenvalue weighted by molar-refractivity contribution is 5.88. The van der Waals surface area contributed by atoms with Crippen LogP contribution < -0.4 is 0 Å². The third-order valence-electron chi connectivity index (χ3n) is 3.84. The van der Waals surface area contributed by atoms with E-state index in [2.05, 4.69) is 6.08 Å². The summed E-state index contributed by atoms with van der Waals surface area (Å²) in [6.07, 6.45) is 6.07. The maximum absolute atomic E-state index is 11.8. The van der Waals surface area contributed by atoms with Gasteiger partial charge in [0.05, 0.1) is 12.3 Å². The van der Waals surface area contributed by atoms with Gasteiger partial charge in [-0.2, -0.15) is 0 Å². The van der Waals surface area contributed by atoms with Crippen molar-refractivity contribution in [2.45, 2.75) is 38.2 Å². The number of carbonyl (C=O) groups is 2. The molecule has 3 rings (SSSR count). The van der Waals surface area contributed by atoms with Gasteiger partial charge in [-0.15, -0.1) is 0 Å². The Morgan fingerprint density at radius 2 is 2.13 bits per heavy atom. The van der Waals surface area contributed by atoms with Gasteiger partial charge in [0.25, 0.3) is 0 Å². The second-order valence-electron chi connectivity index (χ2n) is 4.72. The van der Waals surface area contributed by atoms with Crippen LogP contribution >= 0.6 is 0 Å². The van der Waals surface area contributed by atoms with E-state index in [1.54, 1.807) is 0 Å². The molecule has 3 nitrogen and oxygen atoms in total. The molecule has 80 valence electrons. The first-order valence-electron chi connectivity index (χ1n) is 5.67. The summed E-state index contributed by atoms with van der Waals surface area (Å²) in [4.78, 5) is 23.0. The number of hydrogen-bond acceptors (Lipinski definition) is 3. The summed E-state index contributed by atoms with van der Waals surface area (Å²) >= 11 is 0. The molecule has 0 aromatic rings. The highest BCUT2D eigenvalue weighted by Gasteiger charge is 2.47. The minimum Gasteiger partial charge on any atom is -0.461 e. The largest absolute Gasteiger partial charge is 0.461 e. The third kappa shape index (κ3) is 1.33. The molecule has 0 radical (unpaired) electrons. The van der Waals surface area contributed by atoms with Gasteiger partial charge in [0.1, 0.15) is 11.9 Å². The van der Waals surface area contributed by atoms with Crippen LogP contribution in [0.1, 0.15) is 32.1 Å². The fourth-order valence-corrected chi connectivity index (χ4v) is 3.12. The second-order valence-corrected chi connectivity index (χ2v) is 4.72. The van der Waals surface area contributed by atoms with Gasteiger partial charge in [0, 0.05) is 12.3 Å². The second kappa shape index (κ2) is 3.19. The summed E-state index contributed by atoms with van der Waals surface area (Å²) in [5.41, 5.74) is 1.22. The molecule has 0 amide bonds. The van der Waals surface area contributed by atoms with Crippen molar-refractivity contribution in [2.75, 3.05) is 0 Å². The molecule has 2 fully saturated rings. The zero-order valence-electron chi connectivity index (χ0n) is 8.57. The van der Waals surface area contributed by atoms with E-state index in [-0.39, 0.29) is 29.7 Å². The van der Waals surface area contributed by atoms with Gasteiger partial charge in [-0.3, -0.25) is 9.59 Å². The van der Waals surface area contributed by atoms with Crippen molar-refractivity contribution >= 4 is 11.8 Å². The van der Waals surface area contributed by atoms with E-state index in [0.717, 1.165) is 19.3 Å². The Balaban J connectivity index is 1.96. The van der Waals surface area contributed by atoms with Crippen molar-refractivity contribution in [2.24, 2.45) is 11.8 Å². The Morgan fingerprint density at radius 3 is 3.00 bits per heavy atom. The number of ether oxygens (including phenoxy) is 1. The Bertz CT molecular complexity index is 356. The molecule has 15 heavy (non-hydrogen) atoms. The maximum Gasteiger partial charge on any atom is 0.306 e. The van der Waals surface area contributed by atoms with Crippen LogP contribution in [-0.2, 0) is 14.3 Å². The highest BCUT2D eigenvalue weighted by atomic mass is 16.6. The van der Waals surface area contributed by atoms with Crippen LogP contribution in [0.3, 0.4) is 0 Å². The summed E-state index contributed by atoms with van der Waals surface area (Å²) < 4.78 is 5.33. The maximum atomic E-state index is 11.8. The molecule has 1 heterocycles. The number of allylic oxidation sites excluding steroid dienone is 1. The van der Waals surface area contributed by atoms with Crippen LogP contribution in [0, 0.1) is 11.8 Å². The first kappa shape index (κ1) is 9.13. The van der Waals surface area contributed by atoms with Crippen molar-refractivity contribution in [3.05, 3.63) is 11.6 Å². The van der Waals surface area contributed by atoms with Crippen LogP contribution in [0.4, 0.5) is 0 Å². The highest BCUT2D eigenvalue weighted by Crippen LogP contribution is 2.42. The number of esters is 1. The van der Waals surface area contributed by atoms with Crippen molar-refractivity contribution in [3.63, 3.8) is 0 Å². The molecule has 3 atom stereocenters. The van der Waals surface area contributed by atoms with Crippen LogP contribution in [0.15, 0.2) is 11.6 Å². The average molecular weight is 206 g/mol. The summed E-state index contributed by atoms with van der Waals surface area (Å²) in [5.74, 6) is 0.334. The standard InChI is InChI=1S/C12H14O3/c13-9-5-4-7-2-1-3-8-6-10(14)15-12(8)11(7)9/h2,8,11-12H,1,3-6H2. The smallest absolute Gasteiger partial charge is 0.306 e. The number of fused-ring (bicyclic) bond motifs is 3. The molecule has 2 aliphatic carbocycles. The molecule has 0 bridgehead atoms. The quantitative estimate of drug-likeness (QED) is 0.447. The number of hydrogen-bond donors (Lipinski definition) is 0. The zero-order valence-corrected chi connectivity index (χ0v) is 8.57. The fourth-order valence-electron chi connectivity index (χ4n) is 3.12. The molecule has 1 aliphatic heterocycles. The van der Waals surface area contributed by atoms with Crippen molar-refractivity contribution in [1.29, 1.82) is 0 Å².